The van der Waals surface area contributed by atoms with Crippen molar-refractivity contribution in [1.29, 1.82) is 0 Å². The van der Waals surface area contributed by atoms with E-state index in [1.807, 2.05) is 0 Å². The zero-order chi connectivity index (χ0) is 9.03. The molecule has 0 saturated heterocycles. The fourth-order valence-electron chi connectivity index (χ4n) is 1.70. The first-order valence-electron chi connectivity index (χ1n) is 4.54. The molecule has 0 N–H and O–H groups in total. The molecule has 1 fully saturated rings. The van der Waals surface area contributed by atoms with E-state index >= 15 is 0 Å². The van der Waals surface area contributed by atoms with Crippen molar-refractivity contribution in [2.75, 3.05) is 0 Å². The fourth-order valence-corrected chi connectivity index (χ4v) is 4.12. The Balaban J connectivity index is 2.51. The highest BCUT2D eigenvalue weighted by Crippen LogP contribution is 2.25. The van der Waals surface area contributed by atoms with Crippen molar-refractivity contribution < 1.29 is 8.42 Å². The van der Waals surface area contributed by atoms with Gasteiger partial charge in [0.2, 0.25) is 7.01 Å². The van der Waals surface area contributed by atoms with Crippen molar-refractivity contribution in [2.45, 2.75) is 50.2 Å². The maximum Gasteiger partial charge on any atom is 0.205 e. The number of hydrogen-bond donors (Lipinski definition) is 0. The molecular weight excluding hydrogens is 287 g/mol. The van der Waals surface area contributed by atoms with Gasteiger partial charge in [-0.1, -0.05) is 32.1 Å². The van der Waals surface area contributed by atoms with E-state index < -0.39 is 7.01 Å². The minimum absolute atomic E-state index is 0.0570. The van der Waals surface area contributed by atoms with Crippen LogP contribution in [-0.4, -0.2) is 13.7 Å². The van der Waals surface area contributed by atoms with Crippen molar-refractivity contribution in [3.05, 3.63) is 0 Å². The zero-order valence-corrected chi connectivity index (χ0v) is 10.1. The second-order valence-corrected chi connectivity index (χ2v) is 8.74. The Hall–Kier alpha value is 0.680. The SMILES string of the molecule is O=S(=O)(I)C1CCCCCCC1. The predicted octanol–water partition coefficient (Wildman–Crippen LogP) is 2.86. The van der Waals surface area contributed by atoms with Crippen LogP contribution in [0.15, 0.2) is 0 Å². The number of halogens is 1. The first-order chi connectivity index (χ1) is 5.61. The van der Waals surface area contributed by atoms with Gasteiger partial charge in [0.05, 0.1) is 26.5 Å². The fraction of sp³-hybridized carbons (Fsp3) is 1.00. The highest BCUT2D eigenvalue weighted by atomic mass is 127. The molecular formula is C8H15IO2S. The molecule has 0 amide bonds. The lowest BCUT2D eigenvalue weighted by atomic mass is 10.0. The Kier molecular flexibility index (Phi) is 4.29. The van der Waals surface area contributed by atoms with Crippen molar-refractivity contribution in [3.63, 3.8) is 0 Å². The third kappa shape index (κ3) is 3.60. The summed E-state index contributed by atoms with van der Waals surface area (Å²) in [4.78, 5) is 0. The van der Waals surface area contributed by atoms with Gasteiger partial charge in [0.15, 0.2) is 0 Å². The van der Waals surface area contributed by atoms with Crippen molar-refractivity contribution in [2.24, 2.45) is 0 Å². The lowest BCUT2D eigenvalue weighted by Gasteiger charge is -2.16. The molecule has 72 valence electrons. The summed E-state index contributed by atoms with van der Waals surface area (Å²) in [6.45, 7) is 0. The molecule has 2 nitrogen and oxygen atoms in total. The second kappa shape index (κ2) is 4.79. The quantitative estimate of drug-likeness (QED) is 0.551. The van der Waals surface area contributed by atoms with E-state index in [1.54, 1.807) is 21.2 Å². The number of rotatable bonds is 1. The van der Waals surface area contributed by atoms with Crippen LogP contribution in [0.4, 0.5) is 0 Å². The molecule has 0 heterocycles. The standard InChI is InChI=1S/C8H15IO2S/c9-12(10,11)8-6-4-2-1-3-5-7-8/h8H,1-7H2. The van der Waals surface area contributed by atoms with E-state index in [2.05, 4.69) is 0 Å². The first kappa shape index (κ1) is 10.8. The summed E-state index contributed by atoms with van der Waals surface area (Å²) in [5.41, 5.74) is 0. The van der Waals surface area contributed by atoms with Crippen LogP contribution in [0.2, 0.25) is 0 Å². The van der Waals surface area contributed by atoms with Gasteiger partial charge in [0.1, 0.15) is 0 Å². The summed E-state index contributed by atoms with van der Waals surface area (Å²) in [6, 6.07) is 0. The lowest BCUT2D eigenvalue weighted by Crippen LogP contribution is -2.16. The summed E-state index contributed by atoms with van der Waals surface area (Å²) < 4.78 is 22.5. The summed E-state index contributed by atoms with van der Waals surface area (Å²) in [7, 11) is -2.80. The van der Waals surface area contributed by atoms with Gasteiger partial charge >= 0.3 is 0 Å². The zero-order valence-electron chi connectivity index (χ0n) is 7.13. The molecule has 0 aromatic heterocycles. The average Bonchev–Trinajstić information content (AvgIpc) is 1.81. The van der Waals surface area contributed by atoms with E-state index in [0.29, 0.717) is 0 Å². The van der Waals surface area contributed by atoms with E-state index in [-0.39, 0.29) is 5.25 Å². The molecule has 1 saturated carbocycles. The molecule has 1 aliphatic rings. The van der Waals surface area contributed by atoms with Gasteiger partial charge in [0.25, 0.3) is 0 Å². The summed E-state index contributed by atoms with van der Waals surface area (Å²) in [5, 5.41) is -0.0570. The van der Waals surface area contributed by atoms with Crippen LogP contribution in [0.1, 0.15) is 44.9 Å². The molecule has 1 rings (SSSR count). The minimum Gasteiger partial charge on any atom is -0.218 e. The largest absolute Gasteiger partial charge is 0.218 e. The molecule has 0 spiro atoms. The molecule has 0 bridgehead atoms. The summed E-state index contributed by atoms with van der Waals surface area (Å²) in [6.07, 6.45) is 7.65. The normalized spacial score (nSPS) is 23.1. The van der Waals surface area contributed by atoms with Gasteiger partial charge < -0.3 is 0 Å². The van der Waals surface area contributed by atoms with Gasteiger partial charge in [-0.2, -0.15) is 0 Å². The highest BCUT2D eigenvalue weighted by Gasteiger charge is 2.22. The average molecular weight is 302 g/mol. The Morgan fingerprint density at radius 3 is 1.75 bits per heavy atom. The van der Waals surface area contributed by atoms with E-state index in [0.717, 1.165) is 25.7 Å². The van der Waals surface area contributed by atoms with Crippen molar-refractivity contribution >= 4 is 28.2 Å². The highest BCUT2D eigenvalue weighted by molar-refractivity contribution is 14.2. The third-order valence-corrected chi connectivity index (χ3v) is 5.88. The summed E-state index contributed by atoms with van der Waals surface area (Å²) >= 11 is 1.60. The van der Waals surface area contributed by atoms with Gasteiger partial charge in [-0.05, 0) is 12.8 Å². The minimum atomic E-state index is -2.80. The molecule has 1 aliphatic carbocycles. The molecule has 12 heavy (non-hydrogen) atoms. The molecule has 0 aromatic rings. The van der Waals surface area contributed by atoms with Gasteiger partial charge in [-0.15, -0.1) is 0 Å². The smallest absolute Gasteiger partial charge is 0.205 e. The van der Waals surface area contributed by atoms with E-state index in [4.69, 9.17) is 0 Å². The van der Waals surface area contributed by atoms with Crippen LogP contribution < -0.4 is 0 Å². The van der Waals surface area contributed by atoms with Crippen molar-refractivity contribution in [1.82, 2.24) is 0 Å². The van der Waals surface area contributed by atoms with E-state index in [9.17, 15) is 8.42 Å². The Morgan fingerprint density at radius 2 is 1.33 bits per heavy atom. The van der Waals surface area contributed by atoms with Crippen LogP contribution in [0.5, 0.6) is 0 Å². The maximum atomic E-state index is 11.2. The van der Waals surface area contributed by atoms with Crippen molar-refractivity contribution in [3.8, 4) is 0 Å². The topological polar surface area (TPSA) is 34.1 Å². The third-order valence-electron chi connectivity index (χ3n) is 2.45. The lowest BCUT2D eigenvalue weighted by molar-refractivity contribution is 0.494. The number of hydrogen-bond acceptors (Lipinski definition) is 2. The second-order valence-electron chi connectivity index (χ2n) is 3.44. The first-order valence-corrected chi connectivity index (χ1v) is 8.63. The van der Waals surface area contributed by atoms with Crippen LogP contribution in [0.3, 0.4) is 0 Å². The predicted molar refractivity (Wildman–Crippen MR) is 59.0 cm³/mol. The van der Waals surface area contributed by atoms with Gasteiger partial charge in [0, 0.05) is 0 Å². The van der Waals surface area contributed by atoms with Crippen LogP contribution in [0.25, 0.3) is 0 Å². The summed E-state index contributed by atoms with van der Waals surface area (Å²) in [5.74, 6) is 0. The Bertz CT molecular complexity index is 215. The molecule has 0 aromatic carbocycles. The van der Waals surface area contributed by atoms with Gasteiger partial charge in [-0.25, -0.2) is 8.42 Å². The molecule has 0 atom stereocenters. The Labute approximate surface area is 86.6 Å². The van der Waals surface area contributed by atoms with Crippen LogP contribution >= 0.6 is 21.2 Å². The van der Waals surface area contributed by atoms with Crippen LogP contribution in [-0.2, 0) is 7.01 Å². The molecule has 0 aliphatic heterocycles. The van der Waals surface area contributed by atoms with Gasteiger partial charge in [-0.3, -0.25) is 0 Å². The van der Waals surface area contributed by atoms with Crippen LogP contribution in [0, 0.1) is 0 Å². The maximum absolute atomic E-state index is 11.2. The molecule has 0 unspecified atom stereocenters. The molecule has 0 radical (unpaired) electrons. The Morgan fingerprint density at radius 1 is 0.917 bits per heavy atom. The van der Waals surface area contributed by atoms with E-state index in [1.165, 1.54) is 19.3 Å². The monoisotopic (exact) mass is 302 g/mol. The molecule has 4 heteroatoms.